The molecule has 0 aliphatic heterocycles. The van der Waals surface area contributed by atoms with Gasteiger partial charge in [-0.2, -0.15) is 0 Å². The molecule has 4 aliphatic rings. The minimum Gasteiger partial charge on any atom is -0.478 e. The highest BCUT2D eigenvalue weighted by Crippen LogP contribution is 2.65. The van der Waals surface area contributed by atoms with E-state index >= 15 is 0 Å². The minimum atomic E-state index is -0.879. The van der Waals surface area contributed by atoms with Gasteiger partial charge in [-0.15, -0.1) is 0 Å². The number of hydrogen-bond donors (Lipinski definition) is 1. The lowest BCUT2D eigenvalue weighted by Gasteiger charge is -2.58. The molecule has 172 valence electrons. The van der Waals surface area contributed by atoms with E-state index in [-0.39, 0.29) is 29.3 Å². The van der Waals surface area contributed by atoms with Crippen LogP contribution in [0, 0.1) is 34.5 Å². The fourth-order valence-electron chi connectivity index (χ4n) is 8.18. The summed E-state index contributed by atoms with van der Waals surface area (Å²) in [6, 6.07) is 0.207. The molecule has 0 radical (unpaired) electrons. The Morgan fingerprint density at radius 1 is 1.06 bits per heavy atom. The van der Waals surface area contributed by atoms with Crippen molar-refractivity contribution < 1.29 is 14.7 Å². The molecule has 0 spiro atoms. The Hall–Kier alpha value is -1.58. The Morgan fingerprint density at radius 2 is 1.74 bits per heavy atom. The van der Waals surface area contributed by atoms with Gasteiger partial charge in [-0.3, -0.25) is 4.79 Å². The molecule has 0 saturated heterocycles. The van der Waals surface area contributed by atoms with Gasteiger partial charge in [-0.25, -0.2) is 4.79 Å². The molecular weight excluding hydrogens is 386 g/mol. The number of nitrogens with zero attached hydrogens (tertiary/aromatic N) is 1. The summed E-state index contributed by atoms with van der Waals surface area (Å²) in [7, 11) is 0. The zero-order valence-electron chi connectivity index (χ0n) is 20.3. The fourth-order valence-corrected chi connectivity index (χ4v) is 8.18. The third-order valence-corrected chi connectivity index (χ3v) is 9.64. The number of hydrogen-bond acceptors (Lipinski definition) is 2. The monoisotopic (exact) mass is 427 g/mol. The molecule has 0 aromatic rings. The number of aliphatic carboxylic acids is 1. The van der Waals surface area contributed by atoms with E-state index in [9.17, 15) is 14.7 Å². The molecule has 31 heavy (non-hydrogen) atoms. The Bertz CT molecular complexity index is 816. The summed E-state index contributed by atoms with van der Waals surface area (Å²) in [5, 5.41) is 9.84. The second kappa shape index (κ2) is 7.78. The van der Waals surface area contributed by atoms with Crippen molar-refractivity contribution in [1.82, 2.24) is 4.90 Å². The Kier molecular flexibility index (Phi) is 5.67. The summed E-state index contributed by atoms with van der Waals surface area (Å²) in [4.78, 5) is 28.0. The van der Waals surface area contributed by atoms with Gasteiger partial charge in [-0.1, -0.05) is 26.3 Å². The van der Waals surface area contributed by atoms with E-state index in [4.69, 9.17) is 0 Å². The van der Waals surface area contributed by atoms with E-state index in [0.717, 1.165) is 24.3 Å². The van der Waals surface area contributed by atoms with Crippen LogP contribution in [0.25, 0.3) is 0 Å². The van der Waals surface area contributed by atoms with E-state index in [1.165, 1.54) is 25.7 Å². The number of allylic oxidation sites excluding steroid dienone is 3. The molecule has 0 bridgehead atoms. The van der Waals surface area contributed by atoms with Crippen molar-refractivity contribution in [2.75, 3.05) is 0 Å². The Balaban J connectivity index is 1.80. The summed E-state index contributed by atoms with van der Waals surface area (Å²) >= 11 is 0. The zero-order chi connectivity index (χ0) is 22.7. The number of carboxylic acids is 1. The molecular formula is C27H41NO3. The maximum absolute atomic E-state index is 14.1. The Morgan fingerprint density at radius 3 is 2.35 bits per heavy atom. The highest BCUT2D eigenvalue weighted by Gasteiger charge is 2.59. The molecule has 1 amide bonds. The van der Waals surface area contributed by atoms with Crippen molar-refractivity contribution in [3.05, 3.63) is 23.3 Å². The highest BCUT2D eigenvalue weighted by atomic mass is 16.4. The first-order chi connectivity index (χ1) is 14.5. The van der Waals surface area contributed by atoms with Crippen molar-refractivity contribution in [3.63, 3.8) is 0 Å². The lowest BCUT2D eigenvalue weighted by molar-refractivity contribution is -0.147. The second-order valence-electron chi connectivity index (χ2n) is 11.8. The number of amides is 1. The van der Waals surface area contributed by atoms with Crippen LogP contribution in [0.2, 0.25) is 0 Å². The fraction of sp³-hybridized carbons (Fsp3) is 0.778. The van der Waals surface area contributed by atoms with Gasteiger partial charge in [0.2, 0.25) is 5.91 Å². The second-order valence-corrected chi connectivity index (χ2v) is 11.8. The van der Waals surface area contributed by atoms with E-state index < -0.39 is 5.97 Å². The molecule has 0 aromatic heterocycles. The summed E-state index contributed by atoms with van der Waals surface area (Å²) in [5.74, 6) is 0.800. The predicted octanol–water partition coefficient (Wildman–Crippen LogP) is 5.83. The van der Waals surface area contributed by atoms with E-state index in [2.05, 4.69) is 47.6 Å². The summed E-state index contributed by atoms with van der Waals surface area (Å²) in [5.41, 5.74) is 1.70. The molecule has 4 aliphatic carbocycles. The SMILES string of the molecule is CC(C)N(C(=O)C1CC(C(=O)O)=CC2=CC[C@@H]3[C@@H](CC[C@]4(C)CCC[C@@H]34)[C@]21C)C(C)C. The molecule has 4 nitrogen and oxygen atoms in total. The van der Waals surface area contributed by atoms with Crippen LogP contribution in [-0.2, 0) is 9.59 Å². The molecule has 1 N–H and O–H groups in total. The number of carbonyl (C=O) groups is 2. The first kappa shape index (κ1) is 22.6. The van der Waals surface area contributed by atoms with Gasteiger partial charge in [0.15, 0.2) is 0 Å². The van der Waals surface area contributed by atoms with Crippen molar-refractivity contribution >= 4 is 11.9 Å². The maximum atomic E-state index is 14.1. The van der Waals surface area contributed by atoms with Crippen molar-refractivity contribution in [2.45, 2.75) is 98.6 Å². The van der Waals surface area contributed by atoms with Crippen molar-refractivity contribution in [2.24, 2.45) is 34.5 Å². The van der Waals surface area contributed by atoms with Crippen LogP contribution in [-0.4, -0.2) is 34.0 Å². The van der Waals surface area contributed by atoms with Crippen LogP contribution in [0.3, 0.4) is 0 Å². The van der Waals surface area contributed by atoms with Crippen molar-refractivity contribution in [1.29, 1.82) is 0 Å². The van der Waals surface area contributed by atoms with Crippen LogP contribution < -0.4 is 0 Å². The smallest absolute Gasteiger partial charge is 0.331 e. The van der Waals surface area contributed by atoms with Crippen LogP contribution in [0.4, 0.5) is 0 Å². The molecule has 4 heteroatoms. The molecule has 0 aromatic carbocycles. The van der Waals surface area contributed by atoms with Gasteiger partial charge in [0.05, 0.1) is 5.92 Å². The molecule has 2 fully saturated rings. The van der Waals surface area contributed by atoms with Crippen molar-refractivity contribution in [3.8, 4) is 0 Å². The van der Waals surface area contributed by atoms with E-state index in [1.807, 2.05) is 11.0 Å². The van der Waals surface area contributed by atoms with Gasteiger partial charge in [0, 0.05) is 23.1 Å². The number of rotatable bonds is 4. The standard InChI is InChI=1S/C27H41NO3/c1-16(2)28(17(3)4)24(29)23-15-18(25(30)31)14-19-9-10-20-21-8-7-12-26(21,5)13-11-22(20)27(19,23)6/h9,14,16-17,20-23H,7-8,10-13,15H2,1-6H3,(H,30,31)/t20-,21-,22+,23?,26-,27-/m0/s1. The molecule has 4 rings (SSSR count). The van der Waals surface area contributed by atoms with E-state index in [1.54, 1.807) is 0 Å². The molecule has 1 unspecified atom stereocenters. The third-order valence-electron chi connectivity index (χ3n) is 9.64. The Labute approximate surface area is 188 Å². The maximum Gasteiger partial charge on any atom is 0.331 e. The number of carbonyl (C=O) groups excluding carboxylic acids is 1. The number of fused-ring (bicyclic) bond motifs is 5. The first-order valence-corrected chi connectivity index (χ1v) is 12.5. The normalized spacial score (nSPS) is 39.4. The minimum absolute atomic E-state index is 0.103. The lowest BCUT2D eigenvalue weighted by atomic mass is 9.46. The van der Waals surface area contributed by atoms with Crippen LogP contribution in [0.5, 0.6) is 0 Å². The third kappa shape index (κ3) is 3.40. The average Bonchev–Trinajstić information content (AvgIpc) is 3.07. The zero-order valence-corrected chi connectivity index (χ0v) is 20.3. The molecule has 0 heterocycles. The molecule has 6 atom stereocenters. The highest BCUT2D eigenvalue weighted by molar-refractivity contribution is 5.91. The number of carboxylic acid groups (broad SMARTS) is 1. The molecule has 2 saturated carbocycles. The first-order valence-electron chi connectivity index (χ1n) is 12.5. The van der Waals surface area contributed by atoms with Crippen LogP contribution in [0.1, 0.15) is 86.5 Å². The topological polar surface area (TPSA) is 57.6 Å². The van der Waals surface area contributed by atoms with Crippen LogP contribution >= 0.6 is 0 Å². The van der Waals surface area contributed by atoms with E-state index in [0.29, 0.717) is 29.2 Å². The summed E-state index contributed by atoms with van der Waals surface area (Å²) in [6.45, 7) is 13.1. The quantitative estimate of drug-likeness (QED) is 0.614. The summed E-state index contributed by atoms with van der Waals surface area (Å²) < 4.78 is 0. The summed E-state index contributed by atoms with van der Waals surface area (Å²) in [6.07, 6.45) is 12.0. The predicted molar refractivity (Wildman–Crippen MR) is 123 cm³/mol. The van der Waals surface area contributed by atoms with Gasteiger partial charge in [0.25, 0.3) is 0 Å². The largest absolute Gasteiger partial charge is 0.478 e. The van der Waals surface area contributed by atoms with Gasteiger partial charge in [0.1, 0.15) is 0 Å². The average molecular weight is 428 g/mol. The van der Waals surface area contributed by atoms with Crippen LogP contribution in [0.15, 0.2) is 23.3 Å². The van der Waals surface area contributed by atoms with Gasteiger partial charge in [-0.05, 0) is 101 Å². The van der Waals surface area contributed by atoms with Gasteiger partial charge < -0.3 is 10.0 Å². The van der Waals surface area contributed by atoms with Gasteiger partial charge >= 0.3 is 5.97 Å². The lowest BCUT2D eigenvalue weighted by Crippen LogP contribution is -2.56.